The van der Waals surface area contributed by atoms with Gasteiger partial charge in [-0.05, 0) is 50.5 Å². The average molecular weight is 476 g/mol. The summed E-state index contributed by atoms with van der Waals surface area (Å²) in [5, 5.41) is 25.5. The number of nitrogens with one attached hydrogen (secondary N) is 1. The highest BCUT2D eigenvalue weighted by Crippen LogP contribution is 2.38. The van der Waals surface area contributed by atoms with Crippen molar-refractivity contribution in [3.63, 3.8) is 0 Å². The molecular weight excluding hydrogens is 446 g/mol. The Balaban J connectivity index is 1.58. The van der Waals surface area contributed by atoms with E-state index in [1.807, 2.05) is 18.3 Å². The molecule has 4 N–H and O–H groups in total. The van der Waals surface area contributed by atoms with Crippen molar-refractivity contribution in [2.45, 2.75) is 45.6 Å². The van der Waals surface area contributed by atoms with Crippen LogP contribution in [0, 0.1) is 5.92 Å². The summed E-state index contributed by atoms with van der Waals surface area (Å²) in [6, 6.07) is 7.41. The summed E-state index contributed by atoms with van der Waals surface area (Å²) in [6.45, 7) is 10.0. The Kier molecular flexibility index (Phi) is 6.44. The molecule has 0 bridgehead atoms. The Morgan fingerprint density at radius 1 is 0.971 bits per heavy atom. The predicted octanol–water partition coefficient (Wildman–Crippen LogP) is 3.11. The molecular formula is C24H29N9O2. The molecule has 1 atom stereocenters. The monoisotopic (exact) mass is 475 g/mol. The summed E-state index contributed by atoms with van der Waals surface area (Å²) in [7, 11) is 0. The van der Waals surface area contributed by atoms with Gasteiger partial charge in [0.05, 0.1) is 16.7 Å². The van der Waals surface area contributed by atoms with Gasteiger partial charge in [0.1, 0.15) is 5.82 Å². The van der Waals surface area contributed by atoms with Crippen LogP contribution in [0.15, 0.2) is 47.4 Å². The van der Waals surface area contributed by atoms with Gasteiger partial charge in [-0.2, -0.15) is 4.98 Å². The third-order valence-electron chi connectivity index (χ3n) is 5.96. The van der Waals surface area contributed by atoms with Crippen molar-refractivity contribution in [1.82, 2.24) is 35.3 Å². The molecule has 11 heteroatoms. The molecule has 11 nitrogen and oxygen atoms in total. The molecule has 4 heterocycles. The number of aliphatic hydroxyl groups is 1. The molecule has 0 aliphatic rings. The number of aromatic nitrogens is 7. The standard InChI is InChI=1S/C24H29N9O2/c1-14(2)24(5,16-6-7-17(26-12-16)15-10-27-22(25)28-11-15)21-30-20(35-33-21)18-8-9-19(32-31-18)29-13-23(3,4)34/h6-12,14,34H,13H2,1-5H3,(H,29,32)(H2,25,27,28). The minimum Gasteiger partial charge on any atom is -0.389 e. The van der Waals surface area contributed by atoms with Crippen molar-refractivity contribution < 1.29 is 9.63 Å². The Morgan fingerprint density at radius 2 is 1.69 bits per heavy atom. The fourth-order valence-electron chi connectivity index (χ4n) is 3.45. The first kappa shape index (κ1) is 24.1. The Morgan fingerprint density at radius 3 is 2.26 bits per heavy atom. The van der Waals surface area contributed by atoms with Crippen molar-refractivity contribution in [2.75, 3.05) is 17.6 Å². The number of anilines is 2. The highest BCUT2D eigenvalue weighted by atomic mass is 16.5. The second kappa shape index (κ2) is 9.34. The van der Waals surface area contributed by atoms with E-state index in [0.717, 1.165) is 16.8 Å². The summed E-state index contributed by atoms with van der Waals surface area (Å²) in [6.07, 6.45) is 5.10. The number of pyridine rings is 1. The molecule has 4 aromatic rings. The van der Waals surface area contributed by atoms with Crippen molar-refractivity contribution in [3.05, 3.63) is 54.2 Å². The Hall–Kier alpha value is -3.99. The molecule has 0 aliphatic carbocycles. The lowest BCUT2D eigenvalue weighted by atomic mass is 9.73. The van der Waals surface area contributed by atoms with E-state index in [1.165, 1.54) is 0 Å². The molecule has 0 aliphatic heterocycles. The number of rotatable bonds is 8. The summed E-state index contributed by atoms with van der Waals surface area (Å²) in [5.41, 5.74) is 7.07. The van der Waals surface area contributed by atoms with Crippen LogP contribution in [0.5, 0.6) is 0 Å². The topological polar surface area (TPSA) is 162 Å². The van der Waals surface area contributed by atoms with Gasteiger partial charge in [-0.15, -0.1) is 10.2 Å². The second-order valence-corrected chi connectivity index (χ2v) is 9.51. The van der Waals surface area contributed by atoms with Gasteiger partial charge in [-0.1, -0.05) is 25.1 Å². The minimum absolute atomic E-state index is 0.139. The molecule has 0 saturated carbocycles. The van der Waals surface area contributed by atoms with Gasteiger partial charge in [0, 0.05) is 30.7 Å². The molecule has 182 valence electrons. The number of hydrogen-bond acceptors (Lipinski definition) is 11. The maximum Gasteiger partial charge on any atom is 0.278 e. The van der Waals surface area contributed by atoms with Crippen LogP contribution in [0.4, 0.5) is 11.8 Å². The van der Waals surface area contributed by atoms with Gasteiger partial charge in [-0.3, -0.25) is 4.98 Å². The zero-order chi connectivity index (χ0) is 25.2. The first-order chi connectivity index (χ1) is 16.6. The van der Waals surface area contributed by atoms with E-state index < -0.39 is 11.0 Å². The van der Waals surface area contributed by atoms with Gasteiger partial charge in [0.2, 0.25) is 5.95 Å². The van der Waals surface area contributed by atoms with Crippen LogP contribution in [-0.2, 0) is 5.41 Å². The molecule has 0 radical (unpaired) electrons. The van der Waals surface area contributed by atoms with Crippen molar-refractivity contribution in [2.24, 2.45) is 5.92 Å². The van der Waals surface area contributed by atoms with Gasteiger partial charge in [-0.25, -0.2) is 9.97 Å². The molecule has 0 saturated heterocycles. The number of nitrogen functional groups attached to an aromatic ring is 1. The molecule has 4 rings (SSSR count). The maximum atomic E-state index is 9.85. The van der Waals surface area contributed by atoms with E-state index in [1.54, 1.807) is 38.4 Å². The van der Waals surface area contributed by atoms with E-state index in [0.29, 0.717) is 23.9 Å². The predicted molar refractivity (Wildman–Crippen MR) is 131 cm³/mol. The fraction of sp³-hybridized carbons (Fsp3) is 0.375. The molecule has 35 heavy (non-hydrogen) atoms. The van der Waals surface area contributed by atoms with Crippen LogP contribution in [0.3, 0.4) is 0 Å². The van der Waals surface area contributed by atoms with Crippen LogP contribution in [-0.4, -0.2) is 52.5 Å². The van der Waals surface area contributed by atoms with Crippen molar-refractivity contribution in [1.29, 1.82) is 0 Å². The highest BCUT2D eigenvalue weighted by molar-refractivity contribution is 5.58. The second-order valence-electron chi connectivity index (χ2n) is 9.51. The number of nitrogens with two attached hydrogens (primary N) is 1. The van der Waals surface area contributed by atoms with E-state index in [4.69, 9.17) is 10.3 Å². The first-order valence-corrected chi connectivity index (χ1v) is 11.3. The first-order valence-electron chi connectivity index (χ1n) is 11.3. The molecule has 0 spiro atoms. The van der Waals surface area contributed by atoms with Crippen LogP contribution in [0.2, 0.25) is 0 Å². The average Bonchev–Trinajstić information content (AvgIpc) is 3.33. The lowest BCUT2D eigenvalue weighted by Gasteiger charge is -2.30. The molecule has 0 fully saturated rings. The summed E-state index contributed by atoms with van der Waals surface area (Å²) in [5.74, 6) is 1.70. The van der Waals surface area contributed by atoms with Crippen LogP contribution >= 0.6 is 0 Å². The summed E-state index contributed by atoms with van der Waals surface area (Å²) in [4.78, 5) is 17.3. The third-order valence-corrected chi connectivity index (χ3v) is 5.96. The normalized spacial score (nSPS) is 13.6. The van der Waals surface area contributed by atoms with E-state index in [2.05, 4.69) is 61.4 Å². The summed E-state index contributed by atoms with van der Waals surface area (Å²) < 4.78 is 5.55. The fourth-order valence-corrected chi connectivity index (χ4v) is 3.45. The smallest absolute Gasteiger partial charge is 0.278 e. The lowest BCUT2D eigenvalue weighted by Crippen LogP contribution is -2.31. The molecule has 0 aromatic carbocycles. The molecule has 0 amide bonds. The molecule has 1 unspecified atom stereocenters. The quantitative estimate of drug-likeness (QED) is 0.343. The maximum absolute atomic E-state index is 9.85. The minimum atomic E-state index is -0.862. The Bertz CT molecular complexity index is 1260. The number of nitrogens with zero attached hydrogens (tertiary/aromatic N) is 7. The van der Waals surface area contributed by atoms with Crippen molar-refractivity contribution >= 4 is 11.8 Å². The van der Waals surface area contributed by atoms with Crippen molar-refractivity contribution in [3.8, 4) is 22.8 Å². The molecule has 4 aromatic heterocycles. The van der Waals surface area contributed by atoms with Gasteiger partial charge >= 0.3 is 0 Å². The lowest BCUT2D eigenvalue weighted by molar-refractivity contribution is 0.0944. The van der Waals surface area contributed by atoms with Gasteiger partial charge < -0.3 is 20.7 Å². The third kappa shape index (κ3) is 5.24. The zero-order valence-corrected chi connectivity index (χ0v) is 20.4. The Labute approximate surface area is 203 Å². The SMILES string of the molecule is CC(C)C(C)(c1ccc(-c2cnc(N)nc2)nc1)c1noc(-c2ccc(NCC(C)(C)O)nn2)n1. The van der Waals surface area contributed by atoms with Gasteiger partial charge in [0.25, 0.3) is 5.89 Å². The van der Waals surface area contributed by atoms with Crippen LogP contribution in [0.25, 0.3) is 22.8 Å². The number of hydrogen-bond donors (Lipinski definition) is 3. The zero-order valence-electron chi connectivity index (χ0n) is 20.4. The largest absolute Gasteiger partial charge is 0.389 e. The van der Waals surface area contributed by atoms with E-state index in [9.17, 15) is 5.11 Å². The summed E-state index contributed by atoms with van der Waals surface area (Å²) >= 11 is 0. The highest BCUT2D eigenvalue weighted by Gasteiger charge is 2.38. The van der Waals surface area contributed by atoms with Crippen LogP contribution < -0.4 is 11.1 Å². The van der Waals surface area contributed by atoms with Gasteiger partial charge in [0.15, 0.2) is 11.5 Å². The van der Waals surface area contributed by atoms with E-state index in [-0.39, 0.29) is 17.8 Å². The van der Waals surface area contributed by atoms with Crippen LogP contribution in [0.1, 0.15) is 46.0 Å². The van der Waals surface area contributed by atoms with E-state index >= 15 is 0 Å².